The molecule has 0 saturated heterocycles. The Bertz CT molecular complexity index is 401. The first-order valence-corrected chi connectivity index (χ1v) is 5.40. The number of nitrogens with one attached hydrogen (secondary N) is 1. The maximum Gasteiger partial charge on any atom is 0.416 e. The molecule has 0 aliphatic heterocycles. The summed E-state index contributed by atoms with van der Waals surface area (Å²) in [6.07, 6.45) is -4.33. The number of aliphatic carboxylic acids is 1. The molecule has 0 fully saturated rings. The van der Waals surface area contributed by atoms with E-state index in [1.54, 1.807) is 6.92 Å². The molecule has 0 aromatic heterocycles. The van der Waals surface area contributed by atoms with Gasteiger partial charge in [0.2, 0.25) is 0 Å². The molecule has 6 heteroatoms. The normalized spacial score (nSPS) is 13.3. The monoisotopic (exact) mass is 261 g/mol. The van der Waals surface area contributed by atoms with E-state index in [2.05, 4.69) is 5.32 Å². The standard InChI is InChI=1S/C12H14F3NO2/c1-8(11(17)18)6-16-7-9-2-4-10(5-3-9)12(13,14)15/h2-5,8,16H,6-7H2,1H3,(H,17,18). The van der Waals surface area contributed by atoms with Crippen LogP contribution in [0.1, 0.15) is 18.1 Å². The van der Waals surface area contributed by atoms with E-state index in [0.717, 1.165) is 12.1 Å². The fraction of sp³-hybridized carbons (Fsp3) is 0.417. The highest BCUT2D eigenvalue weighted by Gasteiger charge is 2.29. The van der Waals surface area contributed by atoms with Crippen LogP contribution in [0.25, 0.3) is 0 Å². The quantitative estimate of drug-likeness (QED) is 0.856. The highest BCUT2D eigenvalue weighted by molar-refractivity contribution is 5.69. The third-order valence-corrected chi connectivity index (χ3v) is 2.48. The summed E-state index contributed by atoms with van der Waals surface area (Å²) in [6, 6.07) is 4.78. The van der Waals surface area contributed by atoms with Crippen LogP contribution >= 0.6 is 0 Å². The van der Waals surface area contributed by atoms with Crippen molar-refractivity contribution in [2.45, 2.75) is 19.6 Å². The minimum Gasteiger partial charge on any atom is -0.481 e. The smallest absolute Gasteiger partial charge is 0.416 e. The molecule has 0 bridgehead atoms. The molecule has 1 rings (SSSR count). The molecular weight excluding hydrogens is 247 g/mol. The van der Waals surface area contributed by atoms with Crippen LogP contribution in [0.15, 0.2) is 24.3 Å². The van der Waals surface area contributed by atoms with Gasteiger partial charge in [0.1, 0.15) is 0 Å². The molecule has 1 atom stereocenters. The van der Waals surface area contributed by atoms with Gasteiger partial charge >= 0.3 is 12.1 Å². The van der Waals surface area contributed by atoms with Crippen LogP contribution in [0.4, 0.5) is 13.2 Å². The van der Waals surface area contributed by atoms with Crippen LogP contribution in [0, 0.1) is 5.92 Å². The average Bonchev–Trinajstić information content (AvgIpc) is 2.28. The third kappa shape index (κ3) is 4.37. The van der Waals surface area contributed by atoms with Crippen molar-refractivity contribution < 1.29 is 23.1 Å². The summed E-state index contributed by atoms with van der Waals surface area (Å²) in [7, 11) is 0. The second kappa shape index (κ2) is 5.86. The molecule has 1 aromatic rings. The molecule has 1 aromatic carbocycles. The molecule has 0 amide bonds. The topological polar surface area (TPSA) is 49.3 Å². The van der Waals surface area contributed by atoms with Crippen LogP contribution in [0.2, 0.25) is 0 Å². The van der Waals surface area contributed by atoms with Gasteiger partial charge in [-0.1, -0.05) is 19.1 Å². The van der Waals surface area contributed by atoms with Crippen molar-refractivity contribution >= 4 is 5.97 Å². The van der Waals surface area contributed by atoms with E-state index in [4.69, 9.17) is 5.11 Å². The summed E-state index contributed by atoms with van der Waals surface area (Å²) in [5.41, 5.74) is -0.00857. The lowest BCUT2D eigenvalue weighted by atomic mass is 10.1. The van der Waals surface area contributed by atoms with Gasteiger partial charge in [-0.05, 0) is 17.7 Å². The van der Waals surface area contributed by atoms with Gasteiger partial charge in [0.25, 0.3) is 0 Å². The van der Waals surface area contributed by atoms with Crippen LogP contribution in [0.5, 0.6) is 0 Å². The highest BCUT2D eigenvalue weighted by Crippen LogP contribution is 2.28. The van der Waals surface area contributed by atoms with Crippen molar-refractivity contribution in [2.24, 2.45) is 5.92 Å². The number of alkyl halides is 3. The van der Waals surface area contributed by atoms with E-state index in [-0.39, 0.29) is 6.54 Å². The van der Waals surface area contributed by atoms with Crippen LogP contribution in [-0.2, 0) is 17.5 Å². The zero-order valence-corrected chi connectivity index (χ0v) is 9.79. The summed E-state index contributed by atoms with van der Waals surface area (Å²) in [5.74, 6) is -1.44. The molecule has 0 saturated carbocycles. The summed E-state index contributed by atoms with van der Waals surface area (Å²) in [5, 5.41) is 11.5. The maximum atomic E-state index is 12.3. The molecule has 18 heavy (non-hydrogen) atoms. The first-order valence-electron chi connectivity index (χ1n) is 5.40. The second-order valence-corrected chi connectivity index (χ2v) is 4.06. The fourth-order valence-corrected chi connectivity index (χ4v) is 1.33. The zero-order chi connectivity index (χ0) is 13.8. The molecule has 0 spiro atoms. The summed E-state index contributed by atoms with van der Waals surface area (Å²) in [4.78, 5) is 10.5. The first-order chi connectivity index (χ1) is 8.30. The first kappa shape index (κ1) is 14.5. The summed E-state index contributed by atoms with van der Waals surface area (Å²) >= 11 is 0. The van der Waals surface area contributed by atoms with Crippen LogP contribution < -0.4 is 5.32 Å². The van der Waals surface area contributed by atoms with E-state index in [0.29, 0.717) is 12.1 Å². The van der Waals surface area contributed by atoms with Gasteiger partial charge in [-0.3, -0.25) is 4.79 Å². The molecule has 0 radical (unpaired) electrons. The Kier molecular flexibility index (Phi) is 4.72. The molecular formula is C12H14F3NO2. The Morgan fingerprint density at radius 2 is 1.89 bits per heavy atom. The number of carbonyl (C=O) groups is 1. The largest absolute Gasteiger partial charge is 0.481 e. The number of carboxylic acid groups (broad SMARTS) is 1. The van der Waals surface area contributed by atoms with Gasteiger partial charge in [0.15, 0.2) is 0 Å². The number of hydrogen-bond donors (Lipinski definition) is 2. The minimum atomic E-state index is -4.33. The number of hydrogen-bond acceptors (Lipinski definition) is 2. The van der Waals surface area contributed by atoms with E-state index >= 15 is 0 Å². The number of rotatable bonds is 5. The van der Waals surface area contributed by atoms with Crippen LogP contribution in [-0.4, -0.2) is 17.6 Å². The van der Waals surface area contributed by atoms with E-state index < -0.39 is 23.6 Å². The second-order valence-electron chi connectivity index (χ2n) is 4.06. The predicted molar refractivity (Wildman–Crippen MR) is 60.0 cm³/mol. The van der Waals surface area contributed by atoms with E-state index in [1.165, 1.54) is 12.1 Å². The third-order valence-electron chi connectivity index (χ3n) is 2.48. The number of halogens is 3. The lowest BCUT2D eigenvalue weighted by molar-refractivity contribution is -0.141. The molecule has 3 nitrogen and oxygen atoms in total. The van der Waals surface area contributed by atoms with E-state index in [1.807, 2.05) is 0 Å². The molecule has 2 N–H and O–H groups in total. The van der Waals surface area contributed by atoms with Crippen molar-refractivity contribution in [3.63, 3.8) is 0 Å². The van der Waals surface area contributed by atoms with Crippen molar-refractivity contribution in [3.8, 4) is 0 Å². The number of carboxylic acids is 1. The Hall–Kier alpha value is -1.56. The molecule has 0 aliphatic carbocycles. The lowest BCUT2D eigenvalue weighted by Crippen LogP contribution is -2.25. The predicted octanol–water partition coefficient (Wildman–Crippen LogP) is 2.52. The Labute approximate surface area is 103 Å². The Balaban J connectivity index is 2.47. The molecule has 0 heterocycles. The molecule has 100 valence electrons. The SMILES string of the molecule is CC(CNCc1ccc(C(F)(F)F)cc1)C(=O)O. The van der Waals surface area contributed by atoms with Gasteiger partial charge in [-0.15, -0.1) is 0 Å². The highest BCUT2D eigenvalue weighted by atomic mass is 19.4. The van der Waals surface area contributed by atoms with Gasteiger partial charge in [-0.2, -0.15) is 13.2 Å². The van der Waals surface area contributed by atoms with E-state index in [9.17, 15) is 18.0 Å². The van der Waals surface area contributed by atoms with Crippen molar-refractivity contribution in [3.05, 3.63) is 35.4 Å². The van der Waals surface area contributed by atoms with Crippen molar-refractivity contribution in [2.75, 3.05) is 6.54 Å². The molecule has 1 unspecified atom stereocenters. The molecule has 0 aliphatic rings. The van der Waals surface area contributed by atoms with Gasteiger partial charge in [0, 0.05) is 13.1 Å². The summed E-state index contributed by atoms with van der Waals surface area (Å²) in [6.45, 7) is 2.17. The van der Waals surface area contributed by atoms with Gasteiger partial charge in [0.05, 0.1) is 11.5 Å². The van der Waals surface area contributed by atoms with Crippen molar-refractivity contribution in [1.82, 2.24) is 5.32 Å². The number of benzene rings is 1. The lowest BCUT2D eigenvalue weighted by Gasteiger charge is -2.10. The van der Waals surface area contributed by atoms with Crippen molar-refractivity contribution in [1.29, 1.82) is 0 Å². The Morgan fingerprint density at radius 1 is 1.33 bits per heavy atom. The maximum absolute atomic E-state index is 12.3. The fourth-order valence-electron chi connectivity index (χ4n) is 1.33. The van der Waals surface area contributed by atoms with Gasteiger partial charge < -0.3 is 10.4 Å². The zero-order valence-electron chi connectivity index (χ0n) is 9.79. The van der Waals surface area contributed by atoms with Gasteiger partial charge in [-0.25, -0.2) is 0 Å². The Morgan fingerprint density at radius 3 is 2.33 bits per heavy atom. The minimum absolute atomic E-state index is 0.274. The average molecular weight is 261 g/mol. The van der Waals surface area contributed by atoms with Crippen LogP contribution in [0.3, 0.4) is 0 Å². The summed E-state index contributed by atoms with van der Waals surface area (Å²) < 4.78 is 36.9.